The standard InChI is InChI=1S/C13H18BrNO/c1-10(14)7-15(2)8-11-9-16-13-6-4-3-5-12(11)13/h3-6,10-11H,7-9H2,1-2H3. The molecule has 1 heterocycles. The Bertz CT molecular complexity index is 354. The van der Waals surface area contributed by atoms with E-state index in [9.17, 15) is 0 Å². The normalized spacial score (nSPS) is 20.6. The average Bonchev–Trinajstić information content (AvgIpc) is 2.61. The van der Waals surface area contributed by atoms with Crippen LogP contribution in [0.1, 0.15) is 18.4 Å². The van der Waals surface area contributed by atoms with Gasteiger partial charge in [-0.3, -0.25) is 0 Å². The Morgan fingerprint density at radius 2 is 2.25 bits per heavy atom. The molecule has 0 radical (unpaired) electrons. The summed E-state index contributed by atoms with van der Waals surface area (Å²) in [4.78, 5) is 2.89. The molecule has 1 aliphatic rings. The summed E-state index contributed by atoms with van der Waals surface area (Å²) >= 11 is 3.58. The van der Waals surface area contributed by atoms with E-state index in [0.717, 1.165) is 25.4 Å². The molecule has 16 heavy (non-hydrogen) atoms. The molecule has 0 aromatic heterocycles. The van der Waals surface area contributed by atoms with Crippen molar-refractivity contribution in [3.8, 4) is 5.75 Å². The fourth-order valence-corrected chi connectivity index (χ4v) is 2.75. The second kappa shape index (κ2) is 5.19. The summed E-state index contributed by atoms with van der Waals surface area (Å²) in [5.74, 6) is 1.58. The van der Waals surface area contributed by atoms with E-state index in [2.05, 4.69) is 53.0 Å². The minimum Gasteiger partial charge on any atom is -0.493 e. The van der Waals surface area contributed by atoms with Crippen molar-refractivity contribution in [2.24, 2.45) is 0 Å². The van der Waals surface area contributed by atoms with Crippen molar-refractivity contribution in [3.05, 3.63) is 29.8 Å². The van der Waals surface area contributed by atoms with Gasteiger partial charge in [-0.1, -0.05) is 41.1 Å². The van der Waals surface area contributed by atoms with E-state index in [1.807, 2.05) is 6.07 Å². The van der Waals surface area contributed by atoms with Crippen molar-refractivity contribution < 1.29 is 4.74 Å². The summed E-state index contributed by atoms with van der Waals surface area (Å²) in [6, 6.07) is 8.36. The zero-order valence-electron chi connectivity index (χ0n) is 9.82. The van der Waals surface area contributed by atoms with Crippen LogP contribution in [0, 0.1) is 0 Å². The zero-order chi connectivity index (χ0) is 11.5. The number of benzene rings is 1. The minimum atomic E-state index is 0.521. The molecule has 0 spiro atoms. The van der Waals surface area contributed by atoms with Crippen LogP contribution in [0.3, 0.4) is 0 Å². The van der Waals surface area contributed by atoms with Crippen molar-refractivity contribution in [1.82, 2.24) is 4.90 Å². The second-order valence-electron chi connectivity index (χ2n) is 4.55. The van der Waals surface area contributed by atoms with E-state index in [1.165, 1.54) is 5.56 Å². The van der Waals surface area contributed by atoms with E-state index >= 15 is 0 Å². The third-order valence-electron chi connectivity index (χ3n) is 2.89. The third kappa shape index (κ3) is 2.77. The molecule has 1 aliphatic heterocycles. The van der Waals surface area contributed by atoms with Gasteiger partial charge >= 0.3 is 0 Å². The maximum absolute atomic E-state index is 5.68. The van der Waals surface area contributed by atoms with Gasteiger partial charge in [0.2, 0.25) is 0 Å². The Kier molecular flexibility index (Phi) is 3.87. The number of hydrogen-bond acceptors (Lipinski definition) is 2. The highest BCUT2D eigenvalue weighted by molar-refractivity contribution is 9.09. The predicted molar refractivity (Wildman–Crippen MR) is 70.6 cm³/mol. The molecule has 0 N–H and O–H groups in total. The van der Waals surface area contributed by atoms with Crippen LogP contribution in [0.15, 0.2) is 24.3 Å². The summed E-state index contributed by atoms with van der Waals surface area (Å²) in [6.07, 6.45) is 0. The summed E-state index contributed by atoms with van der Waals surface area (Å²) < 4.78 is 5.68. The first kappa shape index (κ1) is 11.9. The Balaban J connectivity index is 1.98. The molecule has 0 bridgehead atoms. The van der Waals surface area contributed by atoms with Gasteiger partial charge in [-0.15, -0.1) is 0 Å². The predicted octanol–water partition coefficient (Wildman–Crippen LogP) is 2.88. The molecule has 0 saturated carbocycles. The fourth-order valence-electron chi connectivity index (χ4n) is 2.26. The van der Waals surface area contributed by atoms with Gasteiger partial charge in [-0.05, 0) is 13.1 Å². The van der Waals surface area contributed by atoms with E-state index < -0.39 is 0 Å². The second-order valence-corrected chi connectivity index (χ2v) is 6.11. The molecule has 2 atom stereocenters. The first-order chi connectivity index (χ1) is 7.66. The maximum atomic E-state index is 5.68. The molecule has 0 aliphatic carbocycles. The number of hydrogen-bond donors (Lipinski definition) is 0. The summed E-state index contributed by atoms with van der Waals surface area (Å²) in [6.45, 7) is 5.13. The monoisotopic (exact) mass is 283 g/mol. The molecular formula is C13H18BrNO. The lowest BCUT2D eigenvalue weighted by Gasteiger charge is -2.21. The van der Waals surface area contributed by atoms with Crippen molar-refractivity contribution in [2.45, 2.75) is 17.7 Å². The number of nitrogens with zero attached hydrogens (tertiary/aromatic N) is 1. The Labute approximate surface area is 106 Å². The largest absolute Gasteiger partial charge is 0.493 e. The molecule has 0 saturated heterocycles. The average molecular weight is 284 g/mol. The van der Waals surface area contributed by atoms with Gasteiger partial charge in [0.05, 0.1) is 6.61 Å². The summed E-state index contributed by atoms with van der Waals surface area (Å²) in [5.41, 5.74) is 1.36. The highest BCUT2D eigenvalue weighted by atomic mass is 79.9. The van der Waals surface area contributed by atoms with Crippen LogP contribution in [0.4, 0.5) is 0 Å². The van der Waals surface area contributed by atoms with Crippen molar-refractivity contribution in [2.75, 3.05) is 26.7 Å². The lowest BCUT2D eigenvalue weighted by molar-refractivity contribution is 0.269. The van der Waals surface area contributed by atoms with E-state index in [-0.39, 0.29) is 0 Å². The summed E-state index contributed by atoms with van der Waals surface area (Å²) in [5, 5.41) is 0. The Morgan fingerprint density at radius 3 is 3.00 bits per heavy atom. The van der Waals surface area contributed by atoms with E-state index in [0.29, 0.717) is 10.7 Å². The lowest BCUT2D eigenvalue weighted by Crippen LogP contribution is -2.29. The zero-order valence-corrected chi connectivity index (χ0v) is 11.4. The number of ether oxygens (including phenoxy) is 1. The van der Waals surface area contributed by atoms with E-state index in [4.69, 9.17) is 4.74 Å². The van der Waals surface area contributed by atoms with Crippen molar-refractivity contribution in [1.29, 1.82) is 0 Å². The Hall–Kier alpha value is -0.540. The first-order valence-corrected chi connectivity index (χ1v) is 6.62. The quantitative estimate of drug-likeness (QED) is 0.788. The van der Waals surface area contributed by atoms with Crippen LogP contribution in [-0.4, -0.2) is 36.5 Å². The van der Waals surface area contributed by atoms with Crippen LogP contribution in [0.25, 0.3) is 0 Å². The lowest BCUT2D eigenvalue weighted by atomic mass is 10.0. The first-order valence-electron chi connectivity index (χ1n) is 5.71. The van der Waals surface area contributed by atoms with Crippen LogP contribution < -0.4 is 4.74 Å². The maximum Gasteiger partial charge on any atom is 0.122 e. The highest BCUT2D eigenvalue weighted by Gasteiger charge is 2.24. The molecule has 88 valence electrons. The minimum absolute atomic E-state index is 0.521. The smallest absolute Gasteiger partial charge is 0.122 e. The molecule has 2 unspecified atom stereocenters. The SMILES string of the molecule is CC(Br)CN(C)CC1COc2ccccc21. The number of rotatable bonds is 4. The summed E-state index contributed by atoms with van der Waals surface area (Å²) in [7, 11) is 2.17. The topological polar surface area (TPSA) is 12.5 Å². The molecule has 1 aromatic carbocycles. The molecular weight excluding hydrogens is 266 g/mol. The number of para-hydroxylation sites is 1. The van der Waals surface area contributed by atoms with Gasteiger partial charge in [-0.2, -0.15) is 0 Å². The highest BCUT2D eigenvalue weighted by Crippen LogP contribution is 2.33. The van der Waals surface area contributed by atoms with Gasteiger partial charge in [0.1, 0.15) is 5.75 Å². The van der Waals surface area contributed by atoms with Crippen molar-refractivity contribution >= 4 is 15.9 Å². The molecule has 2 rings (SSSR count). The van der Waals surface area contributed by atoms with Crippen molar-refractivity contribution in [3.63, 3.8) is 0 Å². The van der Waals surface area contributed by atoms with Crippen LogP contribution in [0.5, 0.6) is 5.75 Å². The van der Waals surface area contributed by atoms with Crippen LogP contribution in [0.2, 0.25) is 0 Å². The Morgan fingerprint density at radius 1 is 1.50 bits per heavy atom. The van der Waals surface area contributed by atoms with Crippen LogP contribution in [-0.2, 0) is 0 Å². The molecule has 1 aromatic rings. The molecule has 0 amide bonds. The fraction of sp³-hybridized carbons (Fsp3) is 0.538. The van der Waals surface area contributed by atoms with Gasteiger partial charge < -0.3 is 9.64 Å². The van der Waals surface area contributed by atoms with Crippen LogP contribution >= 0.6 is 15.9 Å². The van der Waals surface area contributed by atoms with Gasteiger partial charge in [0.15, 0.2) is 0 Å². The molecule has 2 nitrogen and oxygen atoms in total. The van der Waals surface area contributed by atoms with Gasteiger partial charge in [0, 0.05) is 29.4 Å². The molecule has 0 fully saturated rings. The number of halogens is 1. The third-order valence-corrected chi connectivity index (χ3v) is 3.18. The van der Waals surface area contributed by atoms with E-state index in [1.54, 1.807) is 0 Å². The number of likely N-dealkylation sites (N-methyl/N-ethyl adjacent to an activating group) is 1. The number of fused-ring (bicyclic) bond motifs is 1. The van der Waals surface area contributed by atoms with Gasteiger partial charge in [0.25, 0.3) is 0 Å². The molecule has 3 heteroatoms. The number of alkyl halides is 1. The van der Waals surface area contributed by atoms with Gasteiger partial charge in [-0.25, -0.2) is 0 Å².